The molecule has 9 heteroatoms. The lowest BCUT2D eigenvalue weighted by molar-refractivity contribution is 0.394. The molecule has 140 valence electrons. The highest BCUT2D eigenvalue weighted by Gasteiger charge is 2.20. The van der Waals surface area contributed by atoms with Crippen LogP contribution in [0.2, 0.25) is 0 Å². The standard InChI is InChI=1S/C19H16N6O2S/c1-11-16(24-7-5-4-6-15(24)20-11)17-21-22-19-25(17)23-18(28-19)12-8-13(26-2)10-14(9-12)27-3/h4-10H,1-3H3. The molecule has 28 heavy (non-hydrogen) atoms. The Balaban J connectivity index is 1.69. The number of ether oxygens (including phenoxy) is 2. The molecule has 4 aromatic heterocycles. The zero-order chi connectivity index (χ0) is 19.3. The maximum atomic E-state index is 5.37. The first-order valence-electron chi connectivity index (χ1n) is 8.57. The molecule has 0 unspecified atom stereocenters. The number of pyridine rings is 1. The predicted octanol–water partition coefficient (Wildman–Crippen LogP) is 3.49. The molecule has 0 atom stereocenters. The first kappa shape index (κ1) is 16.7. The summed E-state index contributed by atoms with van der Waals surface area (Å²) >= 11 is 1.46. The minimum atomic E-state index is 0.656. The van der Waals surface area contributed by atoms with Gasteiger partial charge in [-0.25, -0.2) is 4.98 Å². The molecule has 1 aromatic carbocycles. The fraction of sp³-hybridized carbons (Fsp3) is 0.158. The van der Waals surface area contributed by atoms with Crippen molar-refractivity contribution in [3.63, 3.8) is 0 Å². The molecule has 0 spiro atoms. The fourth-order valence-corrected chi connectivity index (χ4v) is 4.02. The zero-order valence-electron chi connectivity index (χ0n) is 15.4. The van der Waals surface area contributed by atoms with E-state index in [1.165, 1.54) is 11.3 Å². The zero-order valence-corrected chi connectivity index (χ0v) is 16.3. The maximum absolute atomic E-state index is 5.37. The largest absolute Gasteiger partial charge is 0.497 e. The second kappa shape index (κ2) is 6.31. The van der Waals surface area contributed by atoms with Crippen LogP contribution in [0.1, 0.15) is 5.69 Å². The van der Waals surface area contributed by atoms with Gasteiger partial charge < -0.3 is 9.47 Å². The molecule has 0 aliphatic carbocycles. The summed E-state index contributed by atoms with van der Waals surface area (Å²) in [5.41, 5.74) is 3.51. The summed E-state index contributed by atoms with van der Waals surface area (Å²) in [7, 11) is 3.26. The lowest BCUT2D eigenvalue weighted by Gasteiger charge is -2.06. The maximum Gasteiger partial charge on any atom is 0.235 e. The Morgan fingerprint density at radius 2 is 1.79 bits per heavy atom. The van der Waals surface area contributed by atoms with Crippen LogP contribution in [0, 0.1) is 6.92 Å². The predicted molar refractivity (Wildman–Crippen MR) is 106 cm³/mol. The van der Waals surface area contributed by atoms with Gasteiger partial charge in [-0.2, -0.15) is 9.61 Å². The van der Waals surface area contributed by atoms with Gasteiger partial charge >= 0.3 is 0 Å². The highest BCUT2D eigenvalue weighted by atomic mass is 32.1. The molecule has 0 aliphatic heterocycles. The van der Waals surface area contributed by atoms with Crippen LogP contribution in [0.4, 0.5) is 0 Å². The number of methoxy groups -OCH3 is 2. The Kier molecular flexibility index (Phi) is 3.76. The third-order valence-corrected chi connectivity index (χ3v) is 5.45. The molecular weight excluding hydrogens is 376 g/mol. The summed E-state index contributed by atoms with van der Waals surface area (Å²) in [6.45, 7) is 1.96. The number of benzene rings is 1. The molecule has 0 aliphatic rings. The normalized spacial score (nSPS) is 11.4. The van der Waals surface area contributed by atoms with Crippen molar-refractivity contribution in [3.8, 4) is 33.6 Å². The van der Waals surface area contributed by atoms with Crippen LogP contribution in [-0.2, 0) is 0 Å². The van der Waals surface area contributed by atoms with E-state index in [1.54, 1.807) is 18.7 Å². The van der Waals surface area contributed by atoms with Gasteiger partial charge in [0.25, 0.3) is 0 Å². The quantitative estimate of drug-likeness (QED) is 0.466. The van der Waals surface area contributed by atoms with Gasteiger partial charge in [-0.15, -0.1) is 10.2 Å². The average Bonchev–Trinajstić information content (AvgIpc) is 3.39. The van der Waals surface area contributed by atoms with Crippen LogP contribution in [0.5, 0.6) is 11.5 Å². The van der Waals surface area contributed by atoms with Crippen molar-refractivity contribution in [2.24, 2.45) is 0 Å². The second-order valence-electron chi connectivity index (χ2n) is 6.20. The van der Waals surface area contributed by atoms with E-state index in [-0.39, 0.29) is 0 Å². The molecule has 5 aromatic rings. The third-order valence-electron chi connectivity index (χ3n) is 4.51. The first-order chi connectivity index (χ1) is 13.7. The SMILES string of the molecule is COc1cc(OC)cc(-c2nn3c(-c4c(C)nc5ccccn45)nnc3s2)c1. The number of imidazole rings is 1. The van der Waals surface area contributed by atoms with E-state index in [0.717, 1.165) is 27.6 Å². The molecule has 8 nitrogen and oxygen atoms in total. The molecular formula is C19H16N6O2S. The fourth-order valence-electron chi connectivity index (χ4n) is 3.20. The number of aromatic nitrogens is 6. The number of aryl methyl sites for hydroxylation is 1. The molecule has 0 fully saturated rings. The van der Waals surface area contributed by atoms with E-state index in [4.69, 9.17) is 14.6 Å². The molecule has 0 saturated heterocycles. The molecule has 0 N–H and O–H groups in total. The summed E-state index contributed by atoms with van der Waals surface area (Å²) in [6.07, 6.45) is 1.96. The van der Waals surface area contributed by atoms with Crippen LogP contribution in [-0.4, -0.2) is 43.4 Å². The molecule has 0 bridgehead atoms. The Bertz CT molecular complexity index is 1300. The first-order valence-corrected chi connectivity index (χ1v) is 9.39. The minimum absolute atomic E-state index is 0.656. The van der Waals surface area contributed by atoms with Gasteiger partial charge in [0.05, 0.1) is 19.9 Å². The lowest BCUT2D eigenvalue weighted by atomic mass is 10.2. The number of hydrogen-bond donors (Lipinski definition) is 0. The molecule has 0 amide bonds. The summed E-state index contributed by atoms with van der Waals surface area (Å²) in [5, 5.41) is 14.2. The summed E-state index contributed by atoms with van der Waals surface area (Å²) in [6, 6.07) is 11.6. The Morgan fingerprint density at radius 3 is 2.54 bits per heavy atom. The van der Waals surface area contributed by atoms with E-state index in [2.05, 4.69) is 15.2 Å². The number of fused-ring (bicyclic) bond motifs is 2. The average molecular weight is 392 g/mol. The van der Waals surface area contributed by atoms with Crippen LogP contribution >= 0.6 is 11.3 Å². The van der Waals surface area contributed by atoms with E-state index in [9.17, 15) is 0 Å². The number of nitrogens with zero attached hydrogens (tertiary/aromatic N) is 6. The Labute approximate surface area is 164 Å². The van der Waals surface area contributed by atoms with Gasteiger partial charge in [0.15, 0.2) is 0 Å². The third kappa shape index (κ3) is 2.51. The Hall–Kier alpha value is -3.46. The smallest absolute Gasteiger partial charge is 0.235 e. The molecule has 0 saturated carbocycles. The van der Waals surface area contributed by atoms with E-state index < -0.39 is 0 Å². The van der Waals surface area contributed by atoms with Crippen LogP contribution in [0.15, 0.2) is 42.6 Å². The van der Waals surface area contributed by atoms with Crippen molar-refractivity contribution in [1.82, 2.24) is 29.2 Å². The van der Waals surface area contributed by atoms with Crippen molar-refractivity contribution in [2.75, 3.05) is 14.2 Å². The number of rotatable bonds is 4. The van der Waals surface area contributed by atoms with Gasteiger partial charge in [0.1, 0.15) is 27.8 Å². The summed E-state index contributed by atoms with van der Waals surface area (Å²) in [5.74, 6) is 2.07. The van der Waals surface area contributed by atoms with Crippen molar-refractivity contribution >= 4 is 21.9 Å². The number of hydrogen-bond acceptors (Lipinski definition) is 7. The van der Waals surface area contributed by atoms with E-state index in [1.807, 2.05) is 53.9 Å². The van der Waals surface area contributed by atoms with E-state index in [0.29, 0.717) is 22.3 Å². The molecule has 0 radical (unpaired) electrons. The van der Waals surface area contributed by atoms with Gasteiger partial charge in [-0.1, -0.05) is 17.4 Å². The highest BCUT2D eigenvalue weighted by Crippen LogP contribution is 2.33. The monoisotopic (exact) mass is 392 g/mol. The lowest BCUT2D eigenvalue weighted by Crippen LogP contribution is -1.96. The van der Waals surface area contributed by atoms with Crippen molar-refractivity contribution < 1.29 is 9.47 Å². The van der Waals surface area contributed by atoms with Crippen molar-refractivity contribution in [3.05, 3.63) is 48.3 Å². The van der Waals surface area contributed by atoms with Gasteiger partial charge in [-0.05, 0) is 31.2 Å². The van der Waals surface area contributed by atoms with Crippen LogP contribution < -0.4 is 9.47 Å². The van der Waals surface area contributed by atoms with Gasteiger partial charge in [-0.3, -0.25) is 4.40 Å². The summed E-state index contributed by atoms with van der Waals surface area (Å²) in [4.78, 5) is 5.32. The van der Waals surface area contributed by atoms with Gasteiger partial charge in [0.2, 0.25) is 10.8 Å². The Morgan fingerprint density at radius 1 is 1.00 bits per heavy atom. The van der Waals surface area contributed by atoms with Crippen LogP contribution in [0.3, 0.4) is 0 Å². The highest BCUT2D eigenvalue weighted by molar-refractivity contribution is 7.19. The van der Waals surface area contributed by atoms with Crippen LogP contribution in [0.25, 0.3) is 32.7 Å². The van der Waals surface area contributed by atoms with Gasteiger partial charge in [0, 0.05) is 17.8 Å². The van der Waals surface area contributed by atoms with Crippen molar-refractivity contribution in [2.45, 2.75) is 6.92 Å². The second-order valence-corrected chi connectivity index (χ2v) is 7.16. The van der Waals surface area contributed by atoms with E-state index >= 15 is 0 Å². The van der Waals surface area contributed by atoms with Crippen molar-refractivity contribution in [1.29, 1.82) is 0 Å². The summed E-state index contributed by atoms with van der Waals surface area (Å²) < 4.78 is 14.5. The molecule has 4 heterocycles. The minimum Gasteiger partial charge on any atom is -0.497 e. The molecule has 5 rings (SSSR count). The topological polar surface area (TPSA) is 78.8 Å².